The predicted molar refractivity (Wildman–Crippen MR) is 69.6 cm³/mol. The van der Waals surface area contributed by atoms with E-state index in [2.05, 4.69) is 15.1 Å². The van der Waals surface area contributed by atoms with Gasteiger partial charge in [-0.15, -0.1) is 0 Å². The number of aliphatic hydroxyl groups is 1. The quantitative estimate of drug-likeness (QED) is 0.886. The van der Waals surface area contributed by atoms with Crippen LogP contribution < -0.4 is 4.74 Å². The highest BCUT2D eigenvalue weighted by Gasteiger charge is 2.10. The van der Waals surface area contributed by atoms with Gasteiger partial charge >= 0.3 is 0 Å². The molecule has 6 nitrogen and oxygen atoms in total. The molecule has 2 heterocycles. The van der Waals surface area contributed by atoms with Gasteiger partial charge in [-0.2, -0.15) is 5.10 Å². The van der Waals surface area contributed by atoms with Gasteiger partial charge in [-0.1, -0.05) is 0 Å². The Morgan fingerprint density at radius 2 is 2.16 bits per heavy atom. The molecule has 0 radical (unpaired) electrons. The lowest BCUT2D eigenvalue weighted by Crippen LogP contribution is -2.11. The molecule has 2 rings (SSSR count). The van der Waals surface area contributed by atoms with Gasteiger partial charge < -0.3 is 9.84 Å². The molecule has 0 saturated carbocycles. The molecule has 19 heavy (non-hydrogen) atoms. The third-order valence-electron chi connectivity index (χ3n) is 2.71. The van der Waals surface area contributed by atoms with Crippen molar-refractivity contribution >= 4 is 0 Å². The van der Waals surface area contributed by atoms with Gasteiger partial charge in [0.15, 0.2) is 5.82 Å². The molecule has 0 bridgehead atoms. The van der Waals surface area contributed by atoms with Crippen LogP contribution in [0.25, 0.3) is 0 Å². The average molecular weight is 262 g/mol. The van der Waals surface area contributed by atoms with Crippen molar-refractivity contribution in [3.8, 4) is 5.75 Å². The van der Waals surface area contributed by atoms with Crippen LogP contribution in [0.3, 0.4) is 0 Å². The van der Waals surface area contributed by atoms with Crippen LogP contribution in [0, 0.1) is 6.92 Å². The highest BCUT2D eigenvalue weighted by Crippen LogP contribution is 2.18. The highest BCUT2D eigenvalue weighted by atomic mass is 16.5. The van der Waals surface area contributed by atoms with E-state index >= 15 is 0 Å². The molecule has 0 aliphatic rings. The van der Waals surface area contributed by atoms with Crippen LogP contribution >= 0.6 is 0 Å². The minimum atomic E-state index is -0.145. The topological polar surface area (TPSA) is 73.1 Å². The minimum Gasteiger partial charge on any atom is -0.484 e. The van der Waals surface area contributed by atoms with Crippen LogP contribution in [-0.4, -0.2) is 24.9 Å². The van der Waals surface area contributed by atoms with Crippen LogP contribution in [0.2, 0.25) is 0 Å². The van der Waals surface area contributed by atoms with E-state index in [1.807, 2.05) is 32.9 Å². The molecule has 0 unspecified atom stereocenters. The smallest absolute Gasteiger partial charge is 0.165 e. The minimum absolute atomic E-state index is 0.145. The molecule has 0 saturated heterocycles. The Morgan fingerprint density at radius 1 is 1.37 bits per heavy atom. The number of nitrogens with zero attached hydrogens (tertiary/aromatic N) is 4. The molecule has 1 N–H and O–H groups in total. The van der Waals surface area contributed by atoms with Crippen molar-refractivity contribution in [2.45, 2.75) is 40.0 Å². The van der Waals surface area contributed by atoms with Crippen molar-refractivity contribution in [3.05, 3.63) is 35.7 Å². The molecule has 0 amide bonds. The molecular formula is C13H18N4O2. The number of rotatable bonds is 5. The molecule has 102 valence electrons. The van der Waals surface area contributed by atoms with Crippen molar-refractivity contribution in [1.29, 1.82) is 0 Å². The van der Waals surface area contributed by atoms with Crippen LogP contribution in [0.1, 0.15) is 37.1 Å². The number of aliphatic hydroxyl groups excluding tert-OH is 1. The lowest BCUT2D eigenvalue weighted by atomic mass is 10.3. The lowest BCUT2D eigenvalue weighted by molar-refractivity contribution is 0.246. The summed E-state index contributed by atoms with van der Waals surface area (Å²) in [6.07, 6.45) is 1.51. The third kappa shape index (κ3) is 3.08. The Balaban J connectivity index is 2.12. The van der Waals surface area contributed by atoms with E-state index in [-0.39, 0.29) is 12.6 Å². The Bertz CT molecular complexity index is 551. The van der Waals surface area contributed by atoms with Crippen molar-refractivity contribution in [2.75, 3.05) is 0 Å². The van der Waals surface area contributed by atoms with Crippen LogP contribution in [0.4, 0.5) is 0 Å². The number of pyridine rings is 1. The first-order chi connectivity index (χ1) is 9.11. The number of hydrogen-bond acceptors (Lipinski definition) is 5. The summed E-state index contributed by atoms with van der Waals surface area (Å²) in [7, 11) is 0. The van der Waals surface area contributed by atoms with Crippen LogP contribution in [0.5, 0.6) is 5.75 Å². The lowest BCUT2D eigenvalue weighted by Gasteiger charge is -2.12. The maximum Gasteiger partial charge on any atom is 0.165 e. The summed E-state index contributed by atoms with van der Waals surface area (Å²) in [5.41, 5.74) is 1.39. The fraction of sp³-hybridized carbons (Fsp3) is 0.462. The van der Waals surface area contributed by atoms with E-state index in [0.29, 0.717) is 18.1 Å². The summed E-state index contributed by atoms with van der Waals surface area (Å²) in [6.45, 7) is 6.09. The summed E-state index contributed by atoms with van der Waals surface area (Å²) in [5, 5.41) is 13.4. The maximum atomic E-state index is 9.27. The number of aryl methyl sites for hydroxylation is 1. The Labute approximate surface area is 112 Å². The first kappa shape index (κ1) is 13.5. The summed E-state index contributed by atoms with van der Waals surface area (Å²) in [6, 6.07) is 3.89. The zero-order chi connectivity index (χ0) is 13.8. The molecule has 0 aliphatic carbocycles. The monoisotopic (exact) mass is 262 g/mol. The summed E-state index contributed by atoms with van der Waals surface area (Å²) < 4.78 is 7.48. The van der Waals surface area contributed by atoms with Gasteiger partial charge in [-0.25, -0.2) is 9.67 Å². The summed E-state index contributed by atoms with van der Waals surface area (Å²) >= 11 is 0. The standard InChI is InChI=1S/C13H18N4O2/c1-9(2)17-13(14-8-15-17)7-19-12-5-4-10(3)16-11(12)6-18/h4-5,8-9,18H,6-7H2,1-3H3. The first-order valence-electron chi connectivity index (χ1n) is 6.20. The number of hydrogen-bond donors (Lipinski definition) is 1. The fourth-order valence-corrected chi connectivity index (χ4v) is 1.79. The normalized spacial score (nSPS) is 11.0. The third-order valence-corrected chi connectivity index (χ3v) is 2.71. The van der Waals surface area contributed by atoms with E-state index in [0.717, 1.165) is 11.5 Å². The predicted octanol–water partition coefficient (Wildman–Crippen LogP) is 1.63. The van der Waals surface area contributed by atoms with Crippen molar-refractivity contribution in [1.82, 2.24) is 19.7 Å². The van der Waals surface area contributed by atoms with E-state index in [1.54, 1.807) is 4.68 Å². The molecule has 0 spiro atoms. The van der Waals surface area contributed by atoms with E-state index < -0.39 is 0 Å². The first-order valence-corrected chi connectivity index (χ1v) is 6.20. The fourth-order valence-electron chi connectivity index (χ4n) is 1.79. The second-order valence-electron chi connectivity index (χ2n) is 4.56. The van der Waals surface area contributed by atoms with Crippen molar-refractivity contribution in [2.24, 2.45) is 0 Å². The Hall–Kier alpha value is -1.95. The van der Waals surface area contributed by atoms with Crippen molar-refractivity contribution in [3.63, 3.8) is 0 Å². The maximum absolute atomic E-state index is 9.27. The van der Waals surface area contributed by atoms with Gasteiger partial charge in [-0.3, -0.25) is 4.98 Å². The molecule has 0 aliphatic heterocycles. The number of aromatic nitrogens is 4. The molecule has 2 aromatic heterocycles. The molecule has 0 atom stereocenters. The number of ether oxygens (including phenoxy) is 1. The zero-order valence-electron chi connectivity index (χ0n) is 11.4. The molecular weight excluding hydrogens is 244 g/mol. The molecule has 0 aromatic carbocycles. The van der Waals surface area contributed by atoms with E-state index in [9.17, 15) is 5.11 Å². The SMILES string of the molecule is Cc1ccc(OCc2ncnn2C(C)C)c(CO)n1. The average Bonchev–Trinajstić information content (AvgIpc) is 2.85. The molecule has 6 heteroatoms. The van der Waals surface area contributed by atoms with Crippen LogP contribution in [-0.2, 0) is 13.2 Å². The van der Waals surface area contributed by atoms with E-state index in [4.69, 9.17) is 4.74 Å². The van der Waals surface area contributed by atoms with Gasteiger partial charge in [0.05, 0.1) is 6.61 Å². The summed E-state index contributed by atoms with van der Waals surface area (Å²) in [4.78, 5) is 8.40. The Morgan fingerprint density at radius 3 is 2.84 bits per heavy atom. The van der Waals surface area contributed by atoms with Gasteiger partial charge in [0.2, 0.25) is 0 Å². The second-order valence-corrected chi connectivity index (χ2v) is 4.56. The van der Waals surface area contributed by atoms with Gasteiger partial charge in [0.25, 0.3) is 0 Å². The second kappa shape index (κ2) is 5.79. The van der Waals surface area contributed by atoms with Crippen molar-refractivity contribution < 1.29 is 9.84 Å². The zero-order valence-corrected chi connectivity index (χ0v) is 11.4. The van der Waals surface area contributed by atoms with Gasteiger partial charge in [0, 0.05) is 11.7 Å². The van der Waals surface area contributed by atoms with Crippen LogP contribution in [0.15, 0.2) is 18.5 Å². The Kier molecular flexibility index (Phi) is 4.11. The molecule has 2 aromatic rings. The van der Waals surface area contributed by atoms with E-state index in [1.165, 1.54) is 6.33 Å². The largest absolute Gasteiger partial charge is 0.484 e. The van der Waals surface area contributed by atoms with Gasteiger partial charge in [-0.05, 0) is 32.9 Å². The molecule has 0 fully saturated rings. The summed E-state index contributed by atoms with van der Waals surface area (Å²) in [5.74, 6) is 1.32. The highest BCUT2D eigenvalue weighted by molar-refractivity contribution is 5.28. The van der Waals surface area contributed by atoms with Gasteiger partial charge in [0.1, 0.15) is 24.4 Å².